The molecule has 13 heavy (non-hydrogen) atoms. The lowest BCUT2D eigenvalue weighted by atomic mass is 9.85. The SMILES string of the molecule is OC1CC2CCC(N2)C1CC1CC1. The summed E-state index contributed by atoms with van der Waals surface area (Å²) in [5.41, 5.74) is 0. The number of aliphatic hydroxyl groups is 1. The molecule has 0 aromatic rings. The van der Waals surface area contributed by atoms with Crippen LogP contribution in [0.2, 0.25) is 0 Å². The fourth-order valence-corrected chi connectivity index (χ4v) is 3.17. The lowest BCUT2D eigenvalue weighted by Gasteiger charge is -2.34. The van der Waals surface area contributed by atoms with Crippen LogP contribution in [0.4, 0.5) is 0 Å². The van der Waals surface area contributed by atoms with Crippen LogP contribution in [0, 0.1) is 11.8 Å². The monoisotopic (exact) mass is 181 g/mol. The Morgan fingerprint density at radius 2 is 2.00 bits per heavy atom. The Balaban J connectivity index is 1.68. The van der Waals surface area contributed by atoms with Gasteiger partial charge in [0.05, 0.1) is 6.10 Å². The molecule has 2 heteroatoms. The third kappa shape index (κ3) is 1.50. The maximum atomic E-state index is 9.99. The van der Waals surface area contributed by atoms with Gasteiger partial charge in [0.15, 0.2) is 0 Å². The van der Waals surface area contributed by atoms with Crippen LogP contribution in [0.25, 0.3) is 0 Å². The molecular formula is C11H19NO. The maximum absolute atomic E-state index is 9.99. The summed E-state index contributed by atoms with van der Waals surface area (Å²) in [6, 6.07) is 1.28. The highest BCUT2D eigenvalue weighted by Gasteiger charge is 2.42. The van der Waals surface area contributed by atoms with E-state index >= 15 is 0 Å². The Morgan fingerprint density at radius 3 is 2.77 bits per heavy atom. The van der Waals surface area contributed by atoms with E-state index in [0.717, 1.165) is 12.3 Å². The Labute approximate surface area is 79.7 Å². The minimum absolute atomic E-state index is 0.000602. The van der Waals surface area contributed by atoms with Gasteiger partial charge in [0, 0.05) is 18.0 Å². The Morgan fingerprint density at radius 1 is 1.15 bits per heavy atom. The number of nitrogens with one attached hydrogen (secondary N) is 1. The van der Waals surface area contributed by atoms with Gasteiger partial charge in [-0.3, -0.25) is 0 Å². The van der Waals surface area contributed by atoms with Crippen molar-refractivity contribution in [3.8, 4) is 0 Å². The molecule has 2 N–H and O–H groups in total. The molecule has 4 atom stereocenters. The molecule has 1 aliphatic carbocycles. The van der Waals surface area contributed by atoms with Gasteiger partial charge < -0.3 is 10.4 Å². The highest BCUT2D eigenvalue weighted by Crippen LogP contribution is 2.41. The van der Waals surface area contributed by atoms with E-state index in [-0.39, 0.29) is 6.10 Å². The van der Waals surface area contributed by atoms with Crippen molar-refractivity contribution in [1.82, 2.24) is 5.32 Å². The van der Waals surface area contributed by atoms with Crippen molar-refractivity contribution in [1.29, 1.82) is 0 Å². The molecule has 0 aromatic carbocycles. The molecule has 2 bridgehead atoms. The molecule has 74 valence electrons. The van der Waals surface area contributed by atoms with Gasteiger partial charge in [-0.1, -0.05) is 12.8 Å². The first-order valence-corrected chi connectivity index (χ1v) is 5.77. The van der Waals surface area contributed by atoms with Crippen molar-refractivity contribution in [3.63, 3.8) is 0 Å². The van der Waals surface area contributed by atoms with E-state index in [2.05, 4.69) is 5.32 Å². The summed E-state index contributed by atoms with van der Waals surface area (Å²) in [5, 5.41) is 13.6. The number of rotatable bonds is 2. The van der Waals surface area contributed by atoms with Crippen LogP contribution in [0.3, 0.4) is 0 Å². The maximum Gasteiger partial charge on any atom is 0.0598 e. The summed E-state index contributed by atoms with van der Waals surface area (Å²) in [6.07, 6.45) is 7.72. The summed E-state index contributed by atoms with van der Waals surface area (Å²) in [5.74, 6) is 1.53. The molecule has 0 radical (unpaired) electrons. The summed E-state index contributed by atoms with van der Waals surface area (Å²) in [4.78, 5) is 0. The fraction of sp³-hybridized carbons (Fsp3) is 1.00. The molecule has 0 aromatic heterocycles. The van der Waals surface area contributed by atoms with Crippen molar-refractivity contribution in [2.45, 2.75) is 56.7 Å². The minimum atomic E-state index is -0.000602. The summed E-state index contributed by atoms with van der Waals surface area (Å²) in [6.45, 7) is 0. The van der Waals surface area contributed by atoms with Crippen LogP contribution in [-0.4, -0.2) is 23.3 Å². The molecule has 2 aliphatic heterocycles. The van der Waals surface area contributed by atoms with Gasteiger partial charge in [0.2, 0.25) is 0 Å². The molecule has 2 nitrogen and oxygen atoms in total. The average molecular weight is 181 g/mol. The number of fused-ring (bicyclic) bond motifs is 2. The van der Waals surface area contributed by atoms with Crippen LogP contribution >= 0.6 is 0 Å². The molecular weight excluding hydrogens is 162 g/mol. The van der Waals surface area contributed by atoms with Gasteiger partial charge >= 0.3 is 0 Å². The molecule has 3 rings (SSSR count). The van der Waals surface area contributed by atoms with Gasteiger partial charge in [-0.05, 0) is 31.6 Å². The number of hydrogen-bond donors (Lipinski definition) is 2. The summed E-state index contributed by atoms with van der Waals surface area (Å²) < 4.78 is 0. The van der Waals surface area contributed by atoms with Crippen LogP contribution in [0.15, 0.2) is 0 Å². The molecule has 1 saturated carbocycles. The molecule has 0 amide bonds. The molecule has 3 aliphatic rings. The second kappa shape index (κ2) is 2.96. The van der Waals surface area contributed by atoms with Gasteiger partial charge in [-0.15, -0.1) is 0 Å². The lowest BCUT2D eigenvalue weighted by molar-refractivity contribution is 0.0450. The first kappa shape index (κ1) is 8.25. The normalized spacial score (nSPS) is 49.6. The second-order valence-electron chi connectivity index (χ2n) is 5.19. The van der Waals surface area contributed by atoms with E-state index in [0.29, 0.717) is 18.0 Å². The zero-order chi connectivity index (χ0) is 8.84. The molecule has 4 unspecified atom stereocenters. The topological polar surface area (TPSA) is 32.3 Å². The van der Waals surface area contributed by atoms with Gasteiger partial charge in [0.1, 0.15) is 0 Å². The van der Waals surface area contributed by atoms with Gasteiger partial charge in [0.25, 0.3) is 0 Å². The molecule has 2 heterocycles. The van der Waals surface area contributed by atoms with Gasteiger partial charge in [-0.2, -0.15) is 0 Å². The lowest BCUT2D eigenvalue weighted by Crippen LogP contribution is -2.48. The zero-order valence-corrected chi connectivity index (χ0v) is 8.08. The van der Waals surface area contributed by atoms with Crippen LogP contribution < -0.4 is 5.32 Å². The van der Waals surface area contributed by atoms with Crippen molar-refractivity contribution >= 4 is 0 Å². The zero-order valence-electron chi connectivity index (χ0n) is 8.08. The van der Waals surface area contributed by atoms with E-state index < -0.39 is 0 Å². The van der Waals surface area contributed by atoms with E-state index in [1.165, 1.54) is 32.1 Å². The molecule has 0 spiro atoms. The summed E-state index contributed by atoms with van der Waals surface area (Å²) >= 11 is 0. The largest absolute Gasteiger partial charge is 0.393 e. The van der Waals surface area contributed by atoms with E-state index in [4.69, 9.17) is 0 Å². The standard InChI is InChI=1S/C11H19NO/c13-11-6-8-3-4-10(12-8)9(11)5-7-1-2-7/h7-13H,1-6H2. The second-order valence-corrected chi connectivity index (χ2v) is 5.19. The Hall–Kier alpha value is -0.0800. The number of hydrogen-bond acceptors (Lipinski definition) is 2. The van der Waals surface area contributed by atoms with Gasteiger partial charge in [-0.25, -0.2) is 0 Å². The smallest absolute Gasteiger partial charge is 0.0598 e. The van der Waals surface area contributed by atoms with Crippen molar-refractivity contribution < 1.29 is 5.11 Å². The van der Waals surface area contributed by atoms with Crippen molar-refractivity contribution in [3.05, 3.63) is 0 Å². The quantitative estimate of drug-likeness (QED) is 0.673. The van der Waals surface area contributed by atoms with Crippen molar-refractivity contribution in [2.24, 2.45) is 11.8 Å². The first-order valence-electron chi connectivity index (χ1n) is 5.77. The van der Waals surface area contributed by atoms with E-state index in [1.807, 2.05) is 0 Å². The van der Waals surface area contributed by atoms with Crippen LogP contribution in [-0.2, 0) is 0 Å². The Kier molecular flexibility index (Phi) is 1.88. The predicted molar refractivity (Wildman–Crippen MR) is 51.4 cm³/mol. The fourth-order valence-electron chi connectivity index (χ4n) is 3.17. The average Bonchev–Trinajstić information content (AvgIpc) is 2.84. The number of aliphatic hydroxyl groups excluding tert-OH is 1. The number of piperidine rings is 1. The highest BCUT2D eigenvalue weighted by molar-refractivity contribution is 4.99. The minimum Gasteiger partial charge on any atom is -0.393 e. The third-order valence-electron chi connectivity index (χ3n) is 4.12. The van der Waals surface area contributed by atoms with E-state index in [9.17, 15) is 5.11 Å². The third-order valence-corrected chi connectivity index (χ3v) is 4.12. The van der Waals surface area contributed by atoms with Crippen LogP contribution in [0.1, 0.15) is 38.5 Å². The highest BCUT2D eigenvalue weighted by atomic mass is 16.3. The van der Waals surface area contributed by atoms with Crippen molar-refractivity contribution in [2.75, 3.05) is 0 Å². The first-order chi connectivity index (χ1) is 6.33. The molecule has 2 saturated heterocycles. The Bertz CT molecular complexity index is 202. The predicted octanol–water partition coefficient (Wildman–Crippen LogP) is 1.29. The summed E-state index contributed by atoms with van der Waals surface area (Å²) in [7, 11) is 0. The van der Waals surface area contributed by atoms with Crippen LogP contribution in [0.5, 0.6) is 0 Å². The molecule has 3 fully saturated rings. The van der Waals surface area contributed by atoms with E-state index in [1.54, 1.807) is 0 Å².